The van der Waals surface area contributed by atoms with Gasteiger partial charge >= 0.3 is 0 Å². The number of aromatic nitrogens is 2. The number of aryl methyl sites for hydroxylation is 1. The van der Waals surface area contributed by atoms with E-state index in [1.54, 1.807) is 6.92 Å². The van der Waals surface area contributed by atoms with E-state index in [1.165, 1.54) is 10.8 Å². The van der Waals surface area contributed by atoms with Gasteiger partial charge in [0.2, 0.25) is 4.77 Å². The summed E-state index contributed by atoms with van der Waals surface area (Å²) in [6, 6.07) is 0. The number of hydrogen-bond acceptors (Lipinski definition) is 8. The fourth-order valence-corrected chi connectivity index (χ4v) is 2.22. The summed E-state index contributed by atoms with van der Waals surface area (Å²) in [6.45, 7) is 1.27. The molecule has 0 spiro atoms. The van der Waals surface area contributed by atoms with Crippen LogP contribution in [0.4, 0.5) is 5.82 Å². The Balaban J connectivity index is 2.38. The van der Waals surface area contributed by atoms with Crippen LogP contribution in [0.5, 0.6) is 0 Å². The van der Waals surface area contributed by atoms with Gasteiger partial charge in [-0.05, 0) is 19.1 Å². The van der Waals surface area contributed by atoms with Crippen LogP contribution in [-0.4, -0.2) is 55.0 Å². The summed E-state index contributed by atoms with van der Waals surface area (Å²) in [5.41, 5.74) is 2.49. The molecule has 0 unspecified atom stereocenters. The van der Waals surface area contributed by atoms with Crippen LogP contribution in [0.25, 0.3) is 0 Å². The standard InChI is InChI=1S/C10H15N3O5S/c1-4-2-13(10(19)11-8(4)12-17)9-7(16)6(15)5(3-14)18-9/h2,5-7,9,14-17H,3H2,1H3,(H,11,12,19)/t5-,6-,7-,9-/m1/s1. The van der Waals surface area contributed by atoms with Gasteiger partial charge in [-0.3, -0.25) is 15.3 Å². The number of ether oxygens (including phenoxy) is 1. The van der Waals surface area contributed by atoms with E-state index in [2.05, 4.69) is 4.98 Å². The number of hydrogen-bond donors (Lipinski definition) is 5. The maximum Gasteiger partial charge on any atom is 0.203 e. The molecule has 19 heavy (non-hydrogen) atoms. The Bertz CT molecular complexity index is 522. The lowest BCUT2D eigenvalue weighted by molar-refractivity contribution is -0.0541. The number of nitrogens with zero attached hydrogens (tertiary/aromatic N) is 2. The maximum absolute atomic E-state index is 9.91. The second kappa shape index (κ2) is 5.49. The molecule has 5 N–H and O–H groups in total. The predicted molar refractivity (Wildman–Crippen MR) is 66.2 cm³/mol. The topological polar surface area (TPSA) is 120 Å². The Morgan fingerprint density at radius 1 is 1.47 bits per heavy atom. The van der Waals surface area contributed by atoms with Gasteiger partial charge in [0, 0.05) is 11.8 Å². The minimum absolute atomic E-state index is 0.0667. The van der Waals surface area contributed by atoms with E-state index in [4.69, 9.17) is 27.3 Å². The fourth-order valence-electron chi connectivity index (χ4n) is 1.97. The lowest BCUT2D eigenvalue weighted by Crippen LogP contribution is -2.33. The summed E-state index contributed by atoms with van der Waals surface area (Å²) in [5, 5.41) is 37.5. The smallest absolute Gasteiger partial charge is 0.203 e. The van der Waals surface area contributed by atoms with E-state index in [1.807, 2.05) is 5.48 Å². The third-order valence-corrected chi connectivity index (χ3v) is 3.33. The first-order chi connectivity index (χ1) is 8.99. The third kappa shape index (κ3) is 2.48. The minimum Gasteiger partial charge on any atom is -0.394 e. The van der Waals surface area contributed by atoms with Crippen LogP contribution < -0.4 is 5.48 Å². The van der Waals surface area contributed by atoms with Crippen molar-refractivity contribution in [2.75, 3.05) is 12.1 Å². The molecule has 0 aliphatic carbocycles. The van der Waals surface area contributed by atoms with Gasteiger partial charge in [-0.1, -0.05) is 0 Å². The molecule has 1 fully saturated rings. The van der Waals surface area contributed by atoms with Crippen LogP contribution in [0.3, 0.4) is 0 Å². The minimum atomic E-state index is -1.22. The van der Waals surface area contributed by atoms with Gasteiger partial charge in [-0.2, -0.15) is 0 Å². The first-order valence-corrected chi connectivity index (χ1v) is 6.02. The van der Waals surface area contributed by atoms with Crippen LogP contribution >= 0.6 is 12.2 Å². The molecular weight excluding hydrogens is 274 g/mol. The van der Waals surface area contributed by atoms with Crippen molar-refractivity contribution in [3.8, 4) is 0 Å². The van der Waals surface area contributed by atoms with Gasteiger partial charge in [0.05, 0.1) is 6.61 Å². The van der Waals surface area contributed by atoms with Crippen LogP contribution in [-0.2, 0) is 4.74 Å². The average molecular weight is 289 g/mol. The maximum atomic E-state index is 9.91. The SMILES string of the molecule is Cc1cn([C@@H]2O[C@H](CO)[C@@H](O)[C@H]2O)c(=S)nc1NO. The normalized spacial score (nSPS) is 30.6. The highest BCUT2D eigenvalue weighted by Crippen LogP contribution is 2.30. The summed E-state index contributed by atoms with van der Waals surface area (Å²) in [4.78, 5) is 3.93. The predicted octanol–water partition coefficient (Wildman–Crippen LogP) is -0.666. The molecule has 106 valence electrons. The highest BCUT2D eigenvalue weighted by Gasteiger charge is 2.43. The molecule has 1 saturated heterocycles. The summed E-state index contributed by atoms with van der Waals surface area (Å²) >= 11 is 5.03. The first-order valence-electron chi connectivity index (χ1n) is 5.62. The summed E-state index contributed by atoms with van der Waals surface area (Å²) in [5.74, 6) is 0.202. The zero-order valence-electron chi connectivity index (χ0n) is 10.1. The highest BCUT2D eigenvalue weighted by molar-refractivity contribution is 7.71. The van der Waals surface area contributed by atoms with E-state index in [0.717, 1.165) is 0 Å². The van der Waals surface area contributed by atoms with Gasteiger partial charge in [-0.15, -0.1) is 0 Å². The van der Waals surface area contributed by atoms with Crippen LogP contribution in [0, 0.1) is 11.7 Å². The Morgan fingerprint density at radius 2 is 2.16 bits per heavy atom. The molecule has 1 aliphatic rings. The molecule has 1 aromatic heterocycles. The Morgan fingerprint density at radius 3 is 2.68 bits per heavy atom. The van der Waals surface area contributed by atoms with E-state index in [0.29, 0.717) is 5.56 Å². The van der Waals surface area contributed by atoms with E-state index < -0.39 is 31.1 Å². The molecule has 9 heteroatoms. The van der Waals surface area contributed by atoms with Gasteiger partial charge in [0.1, 0.15) is 18.3 Å². The largest absolute Gasteiger partial charge is 0.394 e. The molecule has 2 rings (SSSR count). The molecule has 8 nitrogen and oxygen atoms in total. The van der Waals surface area contributed by atoms with Crippen molar-refractivity contribution in [1.82, 2.24) is 9.55 Å². The monoisotopic (exact) mass is 289 g/mol. The molecule has 0 bridgehead atoms. The fraction of sp³-hybridized carbons (Fsp3) is 0.600. The zero-order chi connectivity index (χ0) is 14.2. The van der Waals surface area contributed by atoms with E-state index >= 15 is 0 Å². The Kier molecular flexibility index (Phi) is 4.13. The summed E-state index contributed by atoms with van der Waals surface area (Å²) in [7, 11) is 0. The van der Waals surface area contributed by atoms with Crippen molar-refractivity contribution >= 4 is 18.0 Å². The second-order valence-corrected chi connectivity index (χ2v) is 4.67. The van der Waals surface area contributed by atoms with E-state index in [-0.39, 0.29) is 10.6 Å². The molecule has 1 aliphatic heterocycles. The van der Waals surface area contributed by atoms with Crippen LogP contribution in [0.1, 0.15) is 11.8 Å². The van der Waals surface area contributed by atoms with Crippen molar-refractivity contribution in [3.63, 3.8) is 0 Å². The van der Waals surface area contributed by atoms with Crippen molar-refractivity contribution < 1.29 is 25.3 Å². The number of rotatable bonds is 3. The first kappa shape index (κ1) is 14.3. The Hall–Kier alpha value is -1.10. The van der Waals surface area contributed by atoms with Crippen LogP contribution in [0.2, 0.25) is 0 Å². The molecule has 0 saturated carbocycles. The Labute approximate surface area is 113 Å². The molecule has 1 aromatic rings. The van der Waals surface area contributed by atoms with Crippen molar-refractivity contribution in [1.29, 1.82) is 0 Å². The molecule has 2 heterocycles. The zero-order valence-corrected chi connectivity index (χ0v) is 10.9. The van der Waals surface area contributed by atoms with Crippen LogP contribution in [0.15, 0.2) is 6.20 Å². The molecule has 0 amide bonds. The molecule has 0 aromatic carbocycles. The van der Waals surface area contributed by atoms with Gasteiger partial charge < -0.3 is 20.1 Å². The number of aliphatic hydroxyl groups excluding tert-OH is 3. The molecular formula is C10H15N3O5S. The highest BCUT2D eigenvalue weighted by atomic mass is 32.1. The van der Waals surface area contributed by atoms with Crippen molar-refractivity contribution in [3.05, 3.63) is 16.5 Å². The lowest BCUT2D eigenvalue weighted by Gasteiger charge is -2.19. The molecule has 0 radical (unpaired) electrons. The van der Waals surface area contributed by atoms with Gasteiger partial charge in [-0.25, -0.2) is 4.98 Å². The molecule has 4 atom stereocenters. The summed E-state index contributed by atoms with van der Waals surface area (Å²) in [6.07, 6.45) is -2.70. The quantitative estimate of drug-likeness (QED) is 0.367. The second-order valence-electron chi connectivity index (χ2n) is 4.30. The van der Waals surface area contributed by atoms with Crippen molar-refractivity contribution in [2.24, 2.45) is 0 Å². The summed E-state index contributed by atoms with van der Waals surface area (Å²) < 4.78 is 6.79. The number of anilines is 1. The number of aliphatic hydroxyl groups is 3. The number of nitrogens with one attached hydrogen (secondary N) is 1. The van der Waals surface area contributed by atoms with Crippen molar-refractivity contribution in [2.45, 2.75) is 31.5 Å². The van der Waals surface area contributed by atoms with Gasteiger partial charge in [0.15, 0.2) is 12.0 Å². The van der Waals surface area contributed by atoms with E-state index in [9.17, 15) is 10.2 Å². The third-order valence-electron chi connectivity index (χ3n) is 3.03. The average Bonchev–Trinajstić information content (AvgIpc) is 2.68. The van der Waals surface area contributed by atoms with Gasteiger partial charge in [0.25, 0.3) is 0 Å². The lowest BCUT2D eigenvalue weighted by atomic mass is 10.1.